The predicted molar refractivity (Wildman–Crippen MR) is 274 cm³/mol. The summed E-state index contributed by atoms with van der Waals surface area (Å²) in [4.78, 5) is 2.55. The van der Waals surface area contributed by atoms with E-state index in [9.17, 15) is 0 Å². The summed E-state index contributed by atoms with van der Waals surface area (Å²) in [5.74, 6) is 0.570. The fourth-order valence-electron chi connectivity index (χ4n) is 10.6. The summed E-state index contributed by atoms with van der Waals surface area (Å²) in [7, 11) is 0. The van der Waals surface area contributed by atoms with E-state index in [1.807, 2.05) is 0 Å². The summed E-state index contributed by atoms with van der Waals surface area (Å²) < 4.78 is 2.42. The highest BCUT2D eigenvalue weighted by molar-refractivity contribution is 6.11. The lowest BCUT2D eigenvalue weighted by Gasteiger charge is -2.32. The number of benzene rings is 9. The Morgan fingerprint density at radius 2 is 0.984 bits per heavy atom. The van der Waals surface area contributed by atoms with Gasteiger partial charge < -0.3 is 9.47 Å². The molecule has 0 N–H and O–H groups in total. The SMILES string of the molecule is CC(C)(C)c1ccc(-c2ccccc2N(c2ccccc2-c2ccc3c4ccccc4n(-c4ccccc4)c3c2)c2ccccc2-c2cccc3cccc(C4CCCCC4)c23)cc1. The molecule has 1 fully saturated rings. The average Bonchev–Trinajstić information content (AvgIpc) is 3.68. The van der Waals surface area contributed by atoms with E-state index in [2.05, 4.69) is 236 Å². The first kappa shape index (κ1) is 39.7. The monoisotopic (exact) mass is 826 g/mol. The van der Waals surface area contributed by atoms with E-state index in [1.165, 1.54) is 109 Å². The molecule has 0 atom stereocenters. The number of para-hydroxylation sites is 5. The van der Waals surface area contributed by atoms with Gasteiger partial charge in [0.1, 0.15) is 0 Å². The first-order valence-electron chi connectivity index (χ1n) is 23.2. The number of nitrogens with zero attached hydrogens (tertiary/aromatic N) is 2. The molecular formula is C62H54N2. The number of aromatic nitrogens is 1. The average molecular weight is 827 g/mol. The molecule has 2 heteroatoms. The lowest BCUT2D eigenvalue weighted by Crippen LogP contribution is -2.14. The van der Waals surface area contributed by atoms with Gasteiger partial charge in [0.05, 0.1) is 28.1 Å². The molecule has 11 rings (SSSR count). The number of rotatable bonds is 8. The minimum atomic E-state index is 0.0597. The van der Waals surface area contributed by atoms with E-state index in [0.717, 1.165) is 22.7 Å². The van der Waals surface area contributed by atoms with Gasteiger partial charge in [-0.2, -0.15) is 0 Å². The van der Waals surface area contributed by atoms with Gasteiger partial charge in [0.25, 0.3) is 0 Å². The third-order valence-corrected chi connectivity index (χ3v) is 13.8. The van der Waals surface area contributed by atoms with Gasteiger partial charge >= 0.3 is 0 Å². The zero-order chi connectivity index (χ0) is 43.2. The Balaban J connectivity index is 1.17. The van der Waals surface area contributed by atoms with E-state index in [-0.39, 0.29) is 5.41 Å². The minimum absolute atomic E-state index is 0.0597. The molecule has 1 saturated carbocycles. The number of hydrogen-bond acceptors (Lipinski definition) is 1. The molecule has 0 bridgehead atoms. The molecule has 2 nitrogen and oxygen atoms in total. The molecule has 0 radical (unpaired) electrons. The molecule has 1 heterocycles. The van der Waals surface area contributed by atoms with Crippen LogP contribution in [0.4, 0.5) is 17.1 Å². The van der Waals surface area contributed by atoms with Crippen molar-refractivity contribution in [3.63, 3.8) is 0 Å². The van der Waals surface area contributed by atoms with Crippen LogP contribution < -0.4 is 4.90 Å². The predicted octanol–water partition coefficient (Wildman–Crippen LogP) is 17.8. The lowest BCUT2D eigenvalue weighted by molar-refractivity contribution is 0.445. The van der Waals surface area contributed by atoms with Crippen molar-refractivity contribution in [1.29, 1.82) is 0 Å². The lowest BCUT2D eigenvalue weighted by atomic mass is 9.80. The quantitative estimate of drug-likeness (QED) is 0.148. The summed E-state index contributed by atoms with van der Waals surface area (Å²) in [5.41, 5.74) is 17.1. The molecule has 0 spiro atoms. The van der Waals surface area contributed by atoms with Gasteiger partial charge in [-0.05, 0) is 105 Å². The molecule has 0 saturated heterocycles. The third kappa shape index (κ3) is 7.08. The molecule has 1 aliphatic rings. The van der Waals surface area contributed by atoms with Crippen LogP contribution in [0.25, 0.3) is 71.6 Å². The zero-order valence-corrected chi connectivity index (χ0v) is 37.1. The number of hydrogen-bond donors (Lipinski definition) is 0. The molecule has 10 aromatic rings. The highest BCUT2D eigenvalue weighted by Gasteiger charge is 2.26. The molecule has 312 valence electrons. The minimum Gasteiger partial charge on any atom is -0.309 e. The van der Waals surface area contributed by atoms with Gasteiger partial charge in [-0.3, -0.25) is 0 Å². The van der Waals surface area contributed by atoms with Gasteiger partial charge in [-0.25, -0.2) is 0 Å². The van der Waals surface area contributed by atoms with Crippen molar-refractivity contribution in [2.75, 3.05) is 4.90 Å². The van der Waals surface area contributed by atoms with E-state index < -0.39 is 0 Å². The van der Waals surface area contributed by atoms with Gasteiger partial charge in [0.2, 0.25) is 0 Å². The molecule has 0 amide bonds. The molecule has 64 heavy (non-hydrogen) atoms. The van der Waals surface area contributed by atoms with Crippen molar-refractivity contribution in [3.05, 3.63) is 217 Å². The van der Waals surface area contributed by atoms with Crippen molar-refractivity contribution >= 4 is 49.6 Å². The van der Waals surface area contributed by atoms with Crippen LogP contribution in [-0.4, -0.2) is 4.57 Å². The standard InChI is InChI=1S/C62H54N2/c1-62(2,3)47-39-36-44(37-40-47)49-26-10-14-32-56(49)64(59-35-17-13-29-53(59)55-31-19-23-45-22-18-30-51(61(45)55)43-20-6-4-7-21-43)57-33-15-11-27-50(57)46-38-41-54-52-28-12-16-34-58(52)63(60(54)42-46)48-24-8-5-9-25-48/h5,8-19,22-43H,4,6-7,20-21H2,1-3H3. The largest absolute Gasteiger partial charge is 0.309 e. The topological polar surface area (TPSA) is 8.17 Å². The van der Waals surface area contributed by atoms with Crippen molar-refractivity contribution in [1.82, 2.24) is 4.57 Å². The normalized spacial score (nSPS) is 13.5. The molecular weight excluding hydrogens is 773 g/mol. The highest BCUT2D eigenvalue weighted by atomic mass is 15.1. The maximum Gasteiger partial charge on any atom is 0.0547 e. The van der Waals surface area contributed by atoms with Crippen LogP contribution in [0.15, 0.2) is 206 Å². The molecule has 9 aromatic carbocycles. The van der Waals surface area contributed by atoms with Crippen LogP contribution in [-0.2, 0) is 5.41 Å². The van der Waals surface area contributed by atoms with Crippen molar-refractivity contribution in [2.45, 2.75) is 64.2 Å². The van der Waals surface area contributed by atoms with E-state index in [4.69, 9.17) is 0 Å². The van der Waals surface area contributed by atoms with Gasteiger partial charge in [0, 0.05) is 33.2 Å². The van der Waals surface area contributed by atoms with Gasteiger partial charge in [-0.15, -0.1) is 0 Å². The third-order valence-electron chi connectivity index (χ3n) is 13.8. The molecule has 1 aromatic heterocycles. The van der Waals surface area contributed by atoms with E-state index in [1.54, 1.807) is 0 Å². The van der Waals surface area contributed by atoms with Crippen molar-refractivity contribution in [3.8, 4) is 39.1 Å². The molecule has 0 unspecified atom stereocenters. The number of anilines is 3. The van der Waals surface area contributed by atoms with Crippen LogP contribution in [0.2, 0.25) is 0 Å². The Bertz CT molecular complexity index is 3280. The maximum atomic E-state index is 2.55. The smallest absolute Gasteiger partial charge is 0.0547 e. The first-order chi connectivity index (χ1) is 31.4. The second kappa shape index (κ2) is 16.5. The van der Waals surface area contributed by atoms with Gasteiger partial charge in [-0.1, -0.05) is 204 Å². The molecule has 0 aliphatic heterocycles. The Morgan fingerprint density at radius 3 is 1.69 bits per heavy atom. The zero-order valence-electron chi connectivity index (χ0n) is 37.1. The van der Waals surface area contributed by atoms with Crippen LogP contribution in [0, 0.1) is 0 Å². The van der Waals surface area contributed by atoms with Crippen LogP contribution in [0.3, 0.4) is 0 Å². The summed E-state index contributed by atoms with van der Waals surface area (Å²) in [6, 6.07) is 76.9. The fourth-order valence-corrected chi connectivity index (χ4v) is 10.6. The first-order valence-corrected chi connectivity index (χ1v) is 23.2. The summed E-state index contributed by atoms with van der Waals surface area (Å²) in [6.07, 6.45) is 6.45. The molecule has 1 aliphatic carbocycles. The van der Waals surface area contributed by atoms with Crippen LogP contribution in [0.5, 0.6) is 0 Å². The van der Waals surface area contributed by atoms with Crippen molar-refractivity contribution < 1.29 is 0 Å². The van der Waals surface area contributed by atoms with E-state index >= 15 is 0 Å². The Labute approximate surface area is 378 Å². The van der Waals surface area contributed by atoms with E-state index in [0.29, 0.717) is 5.92 Å². The summed E-state index contributed by atoms with van der Waals surface area (Å²) >= 11 is 0. The maximum absolute atomic E-state index is 2.55. The summed E-state index contributed by atoms with van der Waals surface area (Å²) in [6.45, 7) is 6.86. The van der Waals surface area contributed by atoms with Crippen LogP contribution in [0.1, 0.15) is 69.9 Å². The summed E-state index contributed by atoms with van der Waals surface area (Å²) in [5, 5.41) is 5.20. The Kier molecular flexibility index (Phi) is 10.2. The van der Waals surface area contributed by atoms with Gasteiger partial charge in [0.15, 0.2) is 0 Å². The number of fused-ring (bicyclic) bond motifs is 4. The second-order valence-electron chi connectivity index (χ2n) is 18.7. The Morgan fingerprint density at radius 1 is 0.438 bits per heavy atom. The van der Waals surface area contributed by atoms with Crippen molar-refractivity contribution in [2.24, 2.45) is 0 Å². The second-order valence-corrected chi connectivity index (χ2v) is 18.7. The van der Waals surface area contributed by atoms with Crippen LogP contribution >= 0.6 is 0 Å². The fraction of sp³-hybridized carbons (Fsp3) is 0.161. The Hall–Kier alpha value is -7.16. The highest BCUT2D eigenvalue weighted by Crippen LogP contribution is 2.50.